The molecule has 0 amide bonds. The molecule has 6 nitrogen and oxygen atoms in total. The predicted octanol–water partition coefficient (Wildman–Crippen LogP) is -1.22. The molecule has 2 atom stereocenters. The molecule has 0 unspecified atom stereocenters. The van der Waals surface area contributed by atoms with E-state index in [0.29, 0.717) is 0 Å². The molecule has 0 saturated carbocycles. The van der Waals surface area contributed by atoms with Crippen molar-refractivity contribution in [1.82, 2.24) is 4.31 Å². The zero-order valence-corrected chi connectivity index (χ0v) is 10.8. The van der Waals surface area contributed by atoms with E-state index in [1.165, 1.54) is 21.0 Å². The molecule has 7 heteroatoms. The van der Waals surface area contributed by atoms with Crippen molar-refractivity contribution in [2.75, 3.05) is 26.5 Å². The monoisotopic (exact) mass is 253 g/mol. The fourth-order valence-electron chi connectivity index (χ4n) is 1.88. The van der Waals surface area contributed by atoms with Crippen LogP contribution in [-0.4, -0.2) is 66.7 Å². The molecule has 96 valence electrons. The zero-order chi connectivity index (χ0) is 12.8. The molecular weight excluding hydrogens is 234 g/mol. The highest BCUT2D eigenvalue weighted by atomic mass is 32.2. The topological polar surface area (TPSA) is 87.1 Å². The largest absolute Gasteiger partial charge is 0.387 e. The molecule has 0 radical (unpaired) electrons. The number of β-amino-alcohol motifs (C(OH)–C–C–N with tert-alkyl or cyclic N) is 1. The lowest BCUT2D eigenvalue weighted by atomic mass is 9.83. The molecular formula is C9H19NO5S. The van der Waals surface area contributed by atoms with Crippen molar-refractivity contribution < 1.29 is 23.4 Å². The molecule has 1 aliphatic heterocycles. The Hall–Kier alpha value is -0.210. The number of sulfonamides is 1. The number of ether oxygens (including phenoxy) is 1. The van der Waals surface area contributed by atoms with Gasteiger partial charge in [0.1, 0.15) is 11.7 Å². The summed E-state index contributed by atoms with van der Waals surface area (Å²) in [6.45, 7) is 2.76. The standard InChI is InChI=1S/C9H19NO5S/c1-8(2,11)9(12)6-10(16(4,13)14)5-7(9)15-3/h7,11-12H,5-6H2,1-4H3/t7-,9-/m0/s1. The van der Waals surface area contributed by atoms with Crippen molar-refractivity contribution >= 4 is 10.0 Å². The average molecular weight is 253 g/mol. The molecule has 2 N–H and O–H groups in total. The van der Waals surface area contributed by atoms with Crippen molar-refractivity contribution in [2.45, 2.75) is 31.2 Å². The van der Waals surface area contributed by atoms with Gasteiger partial charge in [-0.15, -0.1) is 0 Å². The van der Waals surface area contributed by atoms with E-state index in [9.17, 15) is 18.6 Å². The summed E-state index contributed by atoms with van der Waals surface area (Å²) >= 11 is 0. The summed E-state index contributed by atoms with van der Waals surface area (Å²) in [5, 5.41) is 20.3. The highest BCUT2D eigenvalue weighted by Crippen LogP contribution is 2.34. The van der Waals surface area contributed by atoms with Gasteiger partial charge in [0.25, 0.3) is 0 Å². The Balaban J connectivity index is 3.05. The van der Waals surface area contributed by atoms with Crippen LogP contribution in [0.15, 0.2) is 0 Å². The smallest absolute Gasteiger partial charge is 0.211 e. The molecule has 1 fully saturated rings. The number of aliphatic hydroxyl groups is 2. The second-order valence-corrected chi connectivity index (χ2v) is 6.75. The molecule has 0 aromatic carbocycles. The Kier molecular flexibility index (Phi) is 3.39. The van der Waals surface area contributed by atoms with Crippen molar-refractivity contribution in [3.8, 4) is 0 Å². The van der Waals surface area contributed by atoms with Crippen molar-refractivity contribution in [2.24, 2.45) is 0 Å². The van der Waals surface area contributed by atoms with Crippen LogP contribution in [-0.2, 0) is 14.8 Å². The quantitative estimate of drug-likeness (QED) is 0.658. The molecule has 1 saturated heterocycles. The van der Waals surface area contributed by atoms with Crippen LogP contribution in [0, 0.1) is 0 Å². The molecule has 1 heterocycles. The van der Waals surface area contributed by atoms with E-state index in [1.807, 2.05) is 0 Å². The third-order valence-corrected chi connectivity index (χ3v) is 4.35. The van der Waals surface area contributed by atoms with Crippen LogP contribution in [0.4, 0.5) is 0 Å². The Bertz CT molecular complexity index is 361. The average Bonchev–Trinajstić information content (AvgIpc) is 2.42. The molecule has 0 bridgehead atoms. The minimum Gasteiger partial charge on any atom is -0.387 e. The first-order valence-electron chi connectivity index (χ1n) is 4.95. The Morgan fingerprint density at radius 3 is 2.25 bits per heavy atom. The lowest BCUT2D eigenvalue weighted by Crippen LogP contribution is -2.58. The summed E-state index contributed by atoms with van der Waals surface area (Å²) in [5.74, 6) is 0. The van der Waals surface area contributed by atoms with Crippen LogP contribution in [0.5, 0.6) is 0 Å². The highest BCUT2D eigenvalue weighted by molar-refractivity contribution is 7.88. The molecule has 1 rings (SSSR count). The van der Waals surface area contributed by atoms with Crippen LogP contribution < -0.4 is 0 Å². The molecule has 0 aromatic heterocycles. The van der Waals surface area contributed by atoms with Crippen LogP contribution in [0.3, 0.4) is 0 Å². The number of rotatable bonds is 3. The van der Waals surface area contributed by atoms with Crippen molar-refractivity contribution in [3.05, 3.63) is 0 Å². The first-order chi connectivity index (χ1) is 7.02. The van der Waals surface area contributed by atoms with Gasteiger partial charge in [-0.1, -0.05) is 0 Å². The Morgan fingerprint density at radius 1 is 1.50 bits per heavy atom. The molecule has 0 aliphatic carbocycles. The van der Waals surface area contributed by atoms with Gasteiger partial charge in [-0.05, 0) is 13.8 Å². The van der Waals surface area contributed by atoms with Crippen molar-refractivity contribution in [1.29, 1.82) is 0 Å². The van der Waals surface area contributed by atoms with Crippen LogP contribution in [0.25, 0.3) is 0 Å². The fraction of sp³-hybridized carbons (Fsp3) is 1.00. The first kappa shape index (κ1) is 13.9. The van der Waals surface area contributed by atoms with Crippen LogP contribution in [0.2, 0.25) is 0 Å². The lowest BCUT2D eigenvalue weighted by molar-refractivity contribution is -0.172. The maximum absolute atomic E-state index is 11.4. The summed E-state index contributed by atoms with van der Waals surface area (Å²) in [5.41, 5.74) is -3.03. The van der Waals surface area contributed by atoms with E-state index >= 15 is 0 Å². The highest BCUT2D eigenvalue weighted by Gasteiger charge is 2.56. The van der Waals surface area contributed by atoms with Gasteiger partial charge in [0.15, 0.2) is 0 Å². The molecule has 0 aromatic rings. The summed E-state index contributed by atoms with van der Waals surface area (Å²) < 4.78 is 28.9. The van der Waals surface area contributed by atoms with Crippen molar-refractivity contribution in [3.63, 3.8) is 0 Å². The summed E-state index contributed by atoms with van der Waals surface area (Å²) in [7, 11) is -2.01. The summed E-state index contributed by atoms with van der Waals surface area (Å²) in [6.07, 6.45) is 0.331. The van der Waals surface area contributed by atoms with Gasteiger partial charge in [-0.25, -0.2) is 8.42 Å². The molecule has 16 heavy (non-hydrogen) atoms. The predicted molar refractivity (Wildman–Crippen MR) is 58.5 cm³/mol. The minimum absolute atomic E-state index is 0.0514. The second-order valence-electron chi connectivity index (χ2n) is 4.76. The van der Waals surface area contributed by atoms with E-state index in [2.05, 4.69) is 0 Å². The van der Waals surface area contributed by atoms with Gasteiger partial charge in [0, 0.05) is 20.2 Å². The van der Waals surface area contributed by atoms with E-state index in [0.717, 1.165) is 10.6 Å². The summed E-state index contributed by atoms with van der Waals surface area (Å²) in [6, 6.07) is 0. The minimum atomic E-state index is -3.39. The Labute approximate surface area is 95.9 Å². The normalized spacial score (nSPS) is 33.2. The van der Waals surface area contributed by atoms with Crippen LogP contribution >= 0.6 is 0 Å². The third kappa shape index (κ3) is 2.23. The number of methoxy groups -OCH3 is 1. The van der Waals surface area contributed by atoms with E-state index in [1.54, 1.807) is 0 Å². The van der Waals surface area contributed by atoms with Gasteiger partial charge in [0.2, 0.25) is 10.0 Å². The second kappa shape index (κ2) is 3.92. The zero-order valence-electron chi connectivity index (χ0n) is 9.97. The Morgan fingerprint density at radius 2 is 2.00 bits per heavy atom. The maximum atomic E-state index is 11.4. The van der Waals surface area contributed by atoms with Gasteiger partial charge < -0.3 is 14.9 Å². The van der Waals surface area contributed by atoms with Gasteiger partial charge in [-0.2, -0.15) is 4.31 Å². The number of hydrogen-bond acceptors (Lipinski definition) is 5. The van der Waals surface area contributed by atoms with E-state index in [-0.39, 0.29) is 13.1 Å². The first-order valence-corrected chi connectivity index (χ1v) is 6.80. The van der Waals surface area contributed by atoms with Gasteiger partial charge in [-0.3, -0.25) is 0 Å². The maximum Gasteiger partial charge on any atom is 0.211 e. The summed E-state index contributed by atoms with van der Waals surface area (Å²) in [4.78, 5) is 0. The van der Waals surface area contributed by atoms with E-state index < -0.39 is 27.3 Å². The molecule has 1 aliphatic rings. The fourth-order valence-corrected chi connectivity index (χ4v) is 2.72. The third-order valence-electron chi connectivity index (χ3n) is 3.13. The van der Waals surface area contributed by atoms with Crippen LogP contribution in [0.1, 0.15) is 13.8 Å². The molecule has 0 spiro atoms. The lowest BCUT2D eigenvalue weighted by Gasteiger charge is -2.38. The van der Waals surface area contributed by atoms with Gasteiger partial charge >= 0.3 is 0 Å². The van der Waals surface area contributed by atoms with E-state index in [4.69, 9.17) is 4.74 Å². The SMILES string of the molecule is CO[C@H]1CN(S(C)(=O)=O)C[C@@]1(O)C(C)(C)O. The number of nitrogens with zero attached hydrogens (tertiary/aromatic N) is 1. The number of hydrogen-bond donors (Lipinski definition) is 2. The van der Waals surface area contributed by atoms with Gasteiger partial charge in [0.05, 0.1) is 11.9 Å².